The molecule has 2 aromatic rings. The Morgan fingerprint density at radius 2 is 2.05 bits per heavy atom. The van der Waals surface area contributed by atoms with Crippen molar-refractivity contribution in [2.75, 3.05) is 0 Å². The number of halogens is 2. The highest BCUT2D eigenvalue weighted by atomic mass is 35.5. The molecule has 0 fully saturated rings. The molecule has 6 heteroatoms. The van der Waals surface area contributed by atoms with Crippen LogP contribution in [0.2, 0.25) is 10.0 Å². The molecule has 0 unspecified atom stereocenters. The summed E-state index contributed by atoms with van der Waals surface area (Å²) in [4.78, 5) is 11.9. The van der Waals surface area contributed by atoms with E-state index < -0.39 is 0 Å². The highest BCUT2D eigenvalue weighted by Crippen LogP contribution is 2.23. The van der Waals surface area contributed by atoms with E-state index in [1.807, 2.05) is 25.6 Å². The Labute approximate surface area is 139 Å². The lowest BCUT2D eigenvalue weighted by molar-refractivity contribution is -0.116. The minimum atomic E-state index is -0.172. The monoisotopic (exact) mass is 337 g/mol. The molecule has 1 heterocycles. The highest BCUT2D eigenvalue weighted by molar-refractivity contribution is 6.42. The second-order valence-corrected chi connectivity index (χ2v) is 5.81. The molecular weight excluding hydrogens is 321 g/mol. The minimum absolute atomic E-state index is 0.172. The Balaban J connectivity index is 1.98. The second-order valence-electron chi connectivity index (χ2n) is 5.00. The van der Waals surface area contributed by atoms with Gasteiger partial charge in [0.25, 0.3) is 0 Å². The SMILES string of the molecule is Cc1nn(C)c(C)c1CNC(=O)/C=C/c1ccc(Cl)c(Cl)c1. The molecule has 4 nitrogen and oxygen atoms in total. The van der Waals surface area contributed by atoms with Crippen molar-refractivity contribution < 1.29 is 4.79 Å². The number of amides is 1. The van der Waals surface area contributed by atoms with E-state index in [-0.39, 0.29) is 5.91 Å². The van der Waals surface area contributed by atoms with E-state index in [0.717, 1.165) is 22.5 Å². The molecule has 0 saturated carbocycles. The van der Waals surface area contributed by atoms with Crippen LogP contribution in [-0.2, 0) is 18.4 Å². The molecule has 0 aliphatic rings. The highest BCUT2D eigenvalue weighted by Gasteiger charge is 2.09. The van der Waals surface area contributed by atoms with Gasteiger partial charge in [0.05, 0.1) is 15.7 Å². The Morgan fingerprint density at radius 1 is 1.32 bits per heavy atom. The number of carbonyl (C=O) groups is 1. The summed E-state index contributed by atoms with van der Waals surface area (Å²) in [6, 6.07) is 5.21. The molecule has 0 spiro atoms. The molecule has 0 saturated heterocycles. The first kappa shape index (κ1) is 16.6. The number of nitrogens with zero attached hydrogens (tertiary/aromatic N) is 2. The molecular formula is C16H17Cl2N3O. The fourth-order valence-corrected chi connectivity index (χ4v) is 2.40. The predicted molar refractivity (Wildman–Crippen MR) is 90.0 cm³/mol. The zero-order valence-electron chi connectivity index (χ0n) is 12.7. The lowest BCUT2D eigenvalue weighted by Crippen LogP contribution is -2.21. The molecule has 0 bridgehead atoms. The first-order chi connectivity index (χ1) is 10.4. The van der Waals surface area contributed by atoms with Gasteiger partial charge in [0.1, 0.15) is 0 Å². The molecule has 0 radical (unpaired) electrons. The molecule has 0 aliphatic heterocycles. The number of rotatable bonds is 4. The third-order valence-electron chi connectivity index (χ3n) is 3.47. The Bertz CT molecular complexity index is 735. The van der Waals surface area contributed by atoms with Gasteiger partial charge in [-0.05, 0) is 37.6 Å². The summed E-state index contributed by atoms with van der Waals surface area (Å²) in [5.74, 6) is -0.172. The lowest BCUT2D eigenvalue weighted by Gasteiger charge is -2.03. The Kier molecular flexibility index (Phi) is 5.27. The summed E-state index contributed by atoms with van der Waals surface area (Å²) < 4.78 is 1.81. The molecule has 1 aromatic heterocycles. The first-order valence-electron chi connectivity index (χ1n) is 6.78. The van der Waals surface area contributed by atoms with Crippen molar-refractivity contribution in [1.82, 2.24) is 15.1 Å². The van der Waals surface area contributed by atoms with Crippen molar-refractivity contribution >= 4 is 35.2 Å². The van der Waals surface area contributed by atoms with Crippen LogP contribution in [0.15, 0.2) is 24.3 Å². The maximum absolute atomic E-state index is 11.9. The van der Waals surface area contributed by atoms with Gasteiger partial charge in [-0.1, -0.05) is 29.3 Å². The average Bonchev–Trinajstić information content (AvgIpc) is 2.71. The van der Waals surface area contributed by atoms with Gasteiger partial charge < -0.3 is 5.32 Å². The smallest absolute Gasteiger partial charge is 0.244 e. The quantitative estimate of drug-likeness (QED) is 0.865. The van der Waals surface area contributed by atoms with E-state index in [9.17, 15) is 4.79 Å². The largest absolute Gasteiger partial charge is 0.348 e. The fraction of sp³-hybridized carbons (Fsp3) is 0.250. The van der Waals surface area contributed by atoms with Crippen molar-refractivity contribution in [3.63, 3.8) is 0 Å². The Morgan fingerprint density at radius 3 is 2.64 bits per heavy atom. The van der Waals surface area contributed by atoms with Crippen molar-refractivity contribution in [2.24, 2.45) is 7.05 Å². The van der Waals surface area contributed by atoms with Crippen LogP contribution in [0.25, 0.3) is 6.08 Å². The molecule has 116 valence electrons. The van der Waals surface area contributed by atoms with E-state index in [4.69, 9.17) is 23.2 Å². The van der Waals surface area contributed by atoms with Crippen LogP contribution >= 0.6 is 23.2 Å². The number of aryl methyl sites for hydroxylation is 2. The molecule has 1 amide bonds. The summed E-state index contributed by atoms with van der Waals surface area (Å²) in [6.07, 6.45) is 3.17. The summed E-state index contributed by atoms with van der Waals surface area (Å²) in [5, 5.41) is 8.13. The number of hydrogen-bond acceptors (Lipinski definition) is 2. The first-order valence-corrected chi connectivity index (χ1v) is 7.54. The molecule has 1 aromatic carbocycles. The van der Waals surface area contributed by atoms with Crippen molar-refractivity contribution in [2.45, 2.75) is 20.4 Å². The summed E-state index contributed by atoms with van der Waals surface area (Å²) >= 11 is 11.8. The molecule has 1 N–H and O–H groups in total. The van der Waals surface area contributed by atoms with Gasteiger partial charge in [0.15, 0.2) is 0 Å². The van der Waals surface area contributed by atoms with Crippen LogP contribution in [0.1, 0.15) is 22.5 Å². The van der Waals surface area contributed by atoms with Gasteiger partial charge >= 0.3 is 0 Å². The topological polar surface area (TPSA) is 46.9 Å². The third-order valence-corrected chi connectivity index (χ3v) is 4.21. The van der Waals surface area contributed by atoms with Gasteiger partial charge in [-0.2, -0.15) is 5.10 Å². The van der Waals surface area contributed by atoms with E-state index in [2.05, 4.69) is 10.4 Å². The molecule has 0 aliphatic carbocycles. The number of hydrogen-bond donors (Lipinski definition) is 1. The van der Waals surface area contributed by atoms with E-state index >= 15 is 0 Å². The maximum Gasteiger partial charge on any atom is 0.244 e. The van der Waals surface area contributed by atoms with Crippen LogP contribution in [0.5, 0.6) is 0 Å². The van der Waals surface area contributed by atoms with Gasteiger partial charge in [-0.25, -0.2) is 0 Å². The number of benzene rings is 1. The normalized spacial score (nSPS) is 11.1. The van der Waals surface area contributed by atoms with Crippen molar-refractivity contribution in [3.8, 4) is 0 Å². The van der Waals surface area contributed by atoms with E-state index in [1.54, 1.807) is 24.3 Å². The molecule has 0 atom stereocenters. The van der Waals surface area contributed by atoms with E-state index in [1.165, 1.54) is 6.08 Å². The molecule has 2 rings (SSSR count). The van der Waals surface area contributed by atoms with Gasteiger partial charge in [-0.3, -0.25) is 9.48 Å². The van der Waals surface area contributed by atoms with Crippen LogP contribution < -0.4 is 5.32 Å². The van der Waals surface area contributed by atoms with Gasteiger partial charge in [0.2, 0.25) is 5.91 Å². The second kappa shape index (κ2) is 6.99. The van der Waals surface area contributed by atoms with Crippen molar-refractivity contribution in [1.29, 1.82) is 0 Å². The van der Waals surface area contributed by atoms with Gasteiger partial charge in [-0.15, -0.1) is 0 Å². The minimum Gasteiger partial charge on any atom is -0.348 e. The number of aromatic nitrogens is 2. The standard InChI is InChI=1S/C16H17Cl2N3O/c1-10-13(11(2)21(3)20-10)9-19-16(22)7-5-12-4-6-14(17)15(18)8-12/h4-8H,9H2,1-3H3,(H,19,22)/b7-5+. The summed E-state index contributed by atoms with van der Waals surface area (Å²) in [6.45, 7) is 4.36. The molecule has 22 heavy (non-hydrogen) atoms. The van der Waals surface area contributed by atoms with Crippen LogP contribution in [0.4, 0.5) is 0 Å². The fourth-order valence-electron chi connectivity index (χ4n) is 2.10. The van der Waals surface area contributed by atoms with Crippen LogP contribution in [0.3, 0.4) is 0 Å². The lowest BCUT2D eigenvalue weighted by atomic mass is 10.2. The zero-order chi connectivity index (χ0) is 16.3. The van der Waals surface area contributed by atoms with Crippen molar-refractivity contribution in [3.05, 3.63) is 56.8 Å². The predicted octanol–water partition coefficient (Wildman–Crippen LogP) is 3.67. The number of nitrogens with one attached hydrogen (secondary N) is 1. The average molecular weight is 338 g/mol. The Hall–Kier alpha value is -1.78. The number of carbonyl (C=O) groups excluding carboxylic acids is 1. The van der Waals surface area contributed by atoms with Crippen LogP contribution in [0, 0.1) is 13.8 Å². The summed E-state index contributed by atoms with van der Waals surface area (Å²) in [5.41, 5.74) is 3.83. The van der Waals surface area contributed by atoms with Crippen LogP contribution in [-0.4, -0.2) is 15.7 Å². The maximum atomic E-state index is 11.9. The van der Waals surface area contributed by atoms with E-state index in [0.29, 0.717) is 16.6 Å². The van der Waals surface area contributed by atoms with Gasteiger partial charge in [0, 0.05) is 30.9 Å². The third kappa shape index (κ3) is 3.90. The summed E-state index contributed by atoms with van der Waals surface area (Å²) in [7, 11) is 1.89. The zero-order valence-corrected chi connectivity index (χ0v) is 14.2.